The van der Waals surface area contributed by atoms with E-state index < -0.39 is 0 Å². The second-order valence-electron chi connectivity index (χ2n) is 6.98. The molecule has 0 fully saturated rings. The van der Waals surface area contributed by atoms with E-state index in [2.05, 4.69) is 34.1 Å². The molecule has 0 aromatic carbocycles. The quantitative estimate of drug-likeness (QED) is 0.736. The van der Waals surface area contributed by atoms with E-state index in [-0.39, 0.29) is 18.0 Å². The molecule has 0 aliphatic heterocycles. The number of rotatable bonds is 5. The first-order chi connectivity index (χ1) is 12.3. The molecule has 0 atom stereocenters. The predicted octanol–water partition coefficient (Wildman–Crippen LogP) is 2.32. The van der Waals surface area contributed by atoms with Crippen molar-refractivity contribution in [2.24, 2.45) is 5.92 Å². The van der Waals surface area contributed by atoms with Crippen LogP contribution in [0.2, 0.25) is 0 Å². The van der Waals surface area contributed by atoms with Crippen LogP contribution in [0.1, 0.15) is 41.0 Å². The smallest absolute Gasteiger partial charge is 0.253 e. The number of pyridine rings is 2. The first-order valence-corrected chi connectivity index (χ1v) is 8.63. The van der Waals surface area contributed by atoms with Gasteiger partial charge in [0.15, 0.2) is 5.65 Å². The Morgan fingerprint density at radius 3 is 2.73 bits per heavy atom. The van der Waals surface area contributed by atoms with Gasteiger partial charge in [0.05, 0.1) is 11.9 Å². The zero-order valence-corrected chi connectivity index (χ0v) is 15.5. The van der Waals surface area contributed by atoms with Crippen LogP contribution in [0.4, 0.5) is 0 Å². The maximum Gasteiger partial charge on any atom is 0.253 e. The van der Waals surface area contributed by atoms with Gasteiger partial charge in [-0.05, 0) is 37.5 Å². The van der Waals surface area contributed by atoms with Gasteiger partial charge in [-0.2, -0.15) is 0 Å². The zero-order valence-electron chi connectivity index (χ0n) is 15.5. The summed E-state index contributed by atoms with van der Waals surface area (Å²) in [5.41, 5.74) is 3.90. The molecule has 3 rings (SSSR count). The van der Waals surface area contributed by atoms with E-state index >= 15 is 0 Å². The number of aromatic amines is 1. The number of H-pyrrole nitrogens is 1. The highest BCUT2D eigenvalue weighted by Crippen LogP contribution is 2.14. The van der Waals surface area contributed by atoms with Gasteiger partial charge >= 0.3 is 0 Å². The third-order valence-electron chi connectivity index (χ3n) is 4.20. The van der Waals surface area contributed by atoms with E-state index in [4.69, 9.17) is 0 Å². The minimum atomic E-state index is -0.280. The maximum atomic E-state index is 12.4. The van der Waals surface area contributed by atoms with Crippen LogP contribution in [-0.2, 0) is 13.1 Å². The van der Waals surface area contributed by atoms with Crippen molar-refractivity contribution in [2.75, 3.05) is 0 Å². The fourth-order valence-electron chi connectivity index (χ4n) is 2.97. The Hall–Kier alpha value is -2.96. The molecular formula is C19H23N5O2. The number of carbonyl (C=O) groups is 1. The second-order valence-corrected chi connectivity index (χ2v) is 6.98. The number of carbonyl (C=O) groups excluding carboxylic acids is 1. The second kappa shape index (κ2) is 7.11. The number of fused-ring (bicyclic) bond motifs is 1. The van der Waals surface area contributed by atoms with Crippen molar-refractivity contribution in [1.29, 1.82) is 0 Å². The van der Waals surface area contributed by atoms with E-state index in [1.807, 2.05) is 24.5 Å². The molecule has 1 amide bonds. The summed E-state index contributed by atoms with van der Waals surface area (Å²) in [6.07, 6.45) is 3.29. The Morgan fingerprint density at radius 1 is 1.27 bits per heavy atom. The summed E-state index contributed by atoms with van der Waals surface area (Å²) in [6.45, 7) is 8.93. The molecular weight excluding hydrogens is 330 g/mol. The Morgan fingerprint density at radius 2 is 2.04 bits per heavy atom. The third-order valence-corrected chi connectivity index (χ3v) is 4.20. The van der Waals surface area contributed by atoms with E-state index in [1.165, 1.54) is 0 Å². The molecule has 0 aliphatic rings. The zero-order chi connectivity index (χ0) is 18.8. The molecule has 26 heavy (non-hydrogen) atoms. The van der Waals surface area contributed by atoms with Gasteiger partial charge in [-0.1, -0.05) is 13.8 Å². The minimum absolute atomic E-state index is 0.167. The van der Waals surface area contributed by atoms with Crippen LogP contribution in [0.3, 0.4) is 0 Å². The highest BCUT2D eigenvalue weighted by molar-refractivity contribution is 5.96. The standard InChI is InChI=1S/C19H23N5O2/c1-11(2)9-24-10-22-16-6-14(7-20-17(16)24)18(25)21-8-15-12(3)5-13(4)23-19(15)26/h5-7,10-11H,8-9H2,1-4H3,(H,21,25)(H,23,26). The lowest BCUT2D eigenvalue weighted by molar-refractivity contribution is 0.0950. The molecule has 0 bridgehead atoms. The van der Waals surface area contributed by atoms with Gasteiger partial charge in [0.1, 0.15) is 5.52 Å². The molecule has 0 aliphatic carbocycles. The van der Waals surface area contributed by atoms with E-state index in [0.29, 0.717) is 22.6 Å². The van der Waals surface area contributed by atoms with Gasteiger partial charge in [-0.25, -0.2) is 9.97 Å². The molecule has 2 N–H and O–H groups in total. The number of amides is 1. The SMILES string of the molecule is Cc1cc(C)c(CNC(=O)c2cnc3c(c2)ncn3CC(C)C)c(=O)[nH]1. The molecule has 3 aromatic heterocycles. The average molecular weight is 353 g/mol. The van der Waals surface area contributed by atoms with Crippen molar-refractivity contribution in [1.82, 2.24) is 24.8 Å². The Bertz CT molecular complexity index is 1020. The van der Waals surface area contributed by atoms with Crippen molar-refractivity contribution >= 4 is 17.1 Å². The van der Waals surface area contributed by atoms with Crippen LogP contribution >= 0.6 is 0 Å². The van der Waals surface area contributed by atoms with Crippen molar-refractivity contribution < 1.29 is 4.79 Å². The summed E-state index contributed by atoms with van der Waals surface area (Å²) in [7, 11) is 0. The third kappa shape index (κ3) is 3.66. The molecule has 0 unspecified atom stereocenters. The summed E-state index contributed by atoms with van der Waals surface area (Å²) in [5, 5.41) is 2.79. The van der Waals surface area contributed by atoms with Crippen molar-refractivity contribution in [3.05, 3.63) is 57.4 Å². The van der Waals surface area contributed by atoms with Crippen molar-refractivity contribution in [3.63, 3.8) is 0 Å². The minimum Gasteiger partial charge on any atom is -0.348 e. The fraction of sp³-hybridized carbons (Fsp3) is 0.368. The van der Waals surface area contributed by atoms with Gasteiger partial charge in [-0.3, -0.25) is 9.59 Å². The first kappa shape index (κ1) is 17.8. The van der Waals surface area contributed by atoms with Gasteiger partial charge < -0.3 is 14.9 Å². The number of aryl methyl sites for hydroxylation is 2. The van der Waals surface area contributed by atoms with Crippen LogP contribution in [0.15, 0.2) is 29.5 Å². The lowest BCUT2D eigenvalue weighted by Crippen LogP contribution is -2.28. The van der Waals surface area contributed by atoms with Crippen LogP contribution in [0, 0.1) is 19.8 Å². The molecule has 3 heterocycles. The van der Waals surface area contributed by atoms with E-state index in [9.17, 15) is 9.59 Å². The lowest BCUT2D eigenvalue weighted by Gasteiger charge is -2.09. The van der Waals surface area contributed by atoms with E-state index in [0.717, 1.165) is 23.4 Å². The molecule has 7 heteroatoms. The summed E-state index contributed by atoms with van der Waals surface area (Å²) in [4.78, 5) is 36.0. The molecule has 0 spiro atoms. The highest BCUT2D eigenvalue weighted by Gasteiger charge is 2.12. The molecule has 7 nitrogen and oxygen atoms in total. The van der Waals surface area contributed by atoms with Crippen LogP contribution in [0.5, 0.6) is 0 Å². The molecule has 0 saturated carbocycles. The van der Waals surface area contributed by atoms with Gasteiger partial charge in [-0.15, -0.1) is 0 Å². The molecule has 0 radical (unpaired) electrons. The molecule has 3 aromatic rings. The topological polar surface area (TPSA) is 92.7 Å². The van der Waals surface area contributed by atoms with Crippen LogP contribution in [-0.4, -0.2) is 25.4 Å². The first-order valence-electron chi connectivity index (χ1n) is 8.63. The fourth-order valence-corrected chi connectivity index (χ4v) is 2.97. The largest absolute Gasteiger partial charge is 0.348 e. The highest BCUT2D eigenvalue weighted by atomic mass is 16.1. The van der Waals surface area contributed by atoms with Crippen LogP contribution < -0.4 is 10.9 Å². The number of hydrogen-bond acceptors (Lipinski definition) is 4. The summed E-state index contributed by atoms with van der Waals surface area (Å²) in [6, 6.07) is 3.61. The number of imidazole rings is 1. The summed E-state index contributed by atoms with van der Waals surface area (Å²) in [5.74, 6) is 0.199. The molecule has 0 saturated heterocycles. The maximum absolute atomic E-state index is 12.4. The average Bonchev–Trinajstić information content (AvgIpc) is 2.95. The Balaban J connectivity index is 1.77. The number of nitrogens with one attached hydrogen (secondary N) is 2. The Kier molecular flexibility index (Phi) is 4.88. The van der Waals surface area contributed by atoms with Gasteiger partial charge in [0, 0.05) is 30.5 Å². The lowest BCUT2D eigenvalue weighted by atomic mass is 10.1. The normalized spacial score (nSPS) is 11.3. The monoisotopic (exact) mass is 353 g/mol. The van der Waals surface area contributed by atoms with Gasteiger partial charge in [0.25, 0.3) is 11.5 Å². The summed E-state index contributed by atoms with van der Waals surface area (Å²) < 4.78 is 1.98. The van der Waals surface area contributed by atoms with Crippen molar-refractivity contribution in [2.45, 2.75) is 40.8 Å². The van der Waals surface area contributed by atoms with E-state index in [1.54, 1.807) is 18.6 Å². The summed E-state index contributed by atoms with van der Waals surface area (Å²) >= 11 is 0. The predicted molar refractivity (Wildman–Crippen MR) is 100 cm³/mol. The van der Waals surface area contributed by atoms with Crippen molar-refractivity contribution in [3.8, 4) is 0 Å². The van der Waals surface area contributed by atoms with Crippen LogP contribution in [0.25, 0.3) is 11.2 Å². The number of aromatic nitrogens is 4. The Labute approximate surface area is 151 Å². The number of nitrogens with zero attached hydrogens (tertiary/aromatic N) is 3. The molecule has 136 valence electrons. The number of hydrogen-bond donors (Lipinski definition) is 2. The van der Waals surface area contributed by atoms with Gasteiger partial charge in [0.2, 0.25) is 0 Å².